The zero-order valence-corrected chi connectivity index (χ0v) is 20.3. The van der Waals surface area contributed by atoms with Crippen LogP contribution in [-0.2, 0) is 13.5 Å². The molecule has 0 spiro atoms. The molecule has 7 heteroatoms. The van der Waals surface area contributed by atoms with Gasteiger partial charge >= 0.3 is 0 Å². The molecule has 4 aromatic rings. The van der Waals surface area contributed by atoms with Gasteiger partial charge in [-0.05, 0) is 66.9 Å². The van der Waals surface area contributed by atoms with Crippen LogP contribution in [0.25, 0.3) is 17.1 Å². The second-order valence-electron chi connectivity index (χ2n) is 8.34. The number of likely N-dealkylation sites (N-methyl/N-ethyl adjacent to an activating group) is 1. The molecular weight excluding hydrogens is 428 g/mol. The summed E-state index contributed by atoms with van der Waals surface area (Å²) in [7, 11) is 7.02. The van der Waals surface area contributed by atoms with Gasteiger partial charge < -0.3 is 18.9 Å². The van der Waals surface area contributed by atoms with Crippen LogP contribution in [0.3, 0.4) is 0 Å². The molecule has 2 aromatic heterocycles. The largest absolute Gasteiger partial charge is 0.493 e. The van der Waals surface area contributed by atoms with Crippen molar-refractivity contribution in [3.8, 4) is 28.6 Å². The summed E-state index contributed by atoms with van der Waals surface area (Å²) in [6, 6.07) is 19.7. The molecule has 0 bridgehead atoms. The van der Waals surface area contributed by atoms with E-state index in [1.165, 1.54) is 0 Å². The molecule has 34 heavy (non-hydrogen) atoms. The fraction of sp³-hybridized carbons (Fsp3) is 0.259. The molecule has 4 rings (SSSR count). The van der Waals surface area contributed by atoms with E-state index in [-0.39, 0.29) is 5.91 Å². The van der Waals surface area contributed by atoms with Crippen LogP contribution in [0, 0.1) is 6.92 Å². The van der Waals surface area contributed by atoms with Crippen molar-refractivity contribution >= 4 is 5.91 Å². The first-order chi connectivity index (χ1) is 16.4. The Morgan fingerprint density at radius 2 is 1.79 bits per heavy atom. The molecule has 0 atom stereocenters. The minimum atomic E-state index is -0.0880. The van der Waals surface area contributed by atoms with E-state index in [4.69, 9.17) is 14.6 Å². The van der Waals surface area contributed by atoms with Crippen molar-refractivity contribution in [3.05, 3.63) is 83.7 Å². The number of carbonyl (C=O) groups excluding carboxylic acids is 1. The van der Waals surface area contributed by atoms with E-state index in [9.17, 15) is 4.79 Å². The highest BCUT2D eigenvalue weighted by molar-refractivity contribution is 5.94. The number of hydrogen-bond acceptors (Lipinski definition) is 4. The number of nitrogens with zero attached hydrogens (tertiary/aromatic N) is 4. The van der Waals surface area contributed by atoms with Crippen LogP contribution in [0.5, 0.6) is 11.5 Å². The number of ether oxygens (including phenoxy) is 2. The molecule has 176 valence electrons. The van der Waals surface area contributed by atoms with Crippen molar-refractivity contribution in [1.82, 2.24) is 19.2 Å². The van der Waals surface area contributed by atoms with Crippen molar-refractivity contribution in [2.75, 3.05) is 27.8 Å². The first-order valence-electron chi connectivity index (χ1n) is 11.2. The maximum Gasteiger partial charge on any atom is 0.272 e. The molecule has 0 saturated carbocycles. The summed E-state index contributed by atoms with van der Waals surface area (Å²) in [4.78, 5) is 15.3. The monoisotopic (exact) mass is 458 g/mol. The lowest BCUT2D eigenvalue weighted by Crippen LogP contribution is -2.30. The van der Waals surface area contributed by atoms with Crippen molar-refractivity contribution in [2.45, 2.75) is 13.3 Å². The maximum absolute atomic E-state index is 13.5. The molecule has 2 heterocycles. The topological polar surface area (TPSA) is 61.5 Å². The number of aromatic nitrogens is 3. The number of aryl methyl sites for hydroxylation is 2. The molecule has 0 saturated heterocycles. The van der Waals surface area contributed by atoms with Gasteiger partial charge in [-0.2, -0.15) is 5.10 Å². The highest BCUT2D eigenvalue weighted by Gasteiger charge is 2.22. The highest BCUT2D eigenvalue weighted by Crippen LogP contribution is 2.28. The molecule has 0 fully saturated rings. The van der Waals surface area contributed by atoms with Gasteiger partial charge in [-0.25, -0.2) is 4.68 Å². The average molecular weight is 459 g/mol. The first kappa shape index (κ1) is 23.2. The second kappa shape index (κ2) is 9.87. The van der Waals surface area contributed by atoms with E-state index >= 15 is 0 Å². The van der Waals surface area contributed by atoms with Crippen molar-refractivity contribution in [1.29, 1.82) is 0 Å². The third-order valence-electron chi connectivity index (χ3n) is 5.91. The molecule has 0 aliphatic carbocycles. The SMILES string of the molecule is COc1ccc(CCN(C)C(=O)c2cc(-c3cccn3C)nn2-c2cccc(C)c2)cc1OC. The van der Waals surface area contributed by atoms with Crippen LogP contribution in [-0.4, -0.2) is 53.0 Å². The lowest BCUT2D eigenvalue weighted by molar-refractivity contribution is 0.0787. The van der Waals surface area contributed by atoms with Crippen LogP contribution >= 0.6 is 0 Å². The summed E-state index contributed by atoms with van der Waals surface area (Å²) in [5, 5.41) is 4.81. The Morgan fingerprint density at radius 3 is 2.47 bits per heavy atom. The van der Waals surface area contributed by atoms with Gasteiger partial charge in [0.2, 0.25) is 0 Å². The Hall–Kier alpha value is -4.00. The molecule has 0 unspecified atom stereocenters. The third kappa shape index (κ3) is 4.69. The lowest BCUT2D eigenvalue weighted by atomic mass is 10.1. The fourth-order valence-corrected chi connectivity index (χ4v) is 3.97. The summed E-state index contributed by atoms with van der Waals surface area (Å²) in [6.07, 6.45) is 2.66. The van der Waals surface area contributed by atoms with E-state index < -0.39 is 0 Å². The molecule has 0 aliphatic rings. The Balaban J connectivity index is 1.61. The summed E-state index contributed by atoms with van der Waals surface area (Å²) < 4.78 is 14.5. The third-order valence-corrected chi connectivity index (χ3v) is 5.91. The van der Waals surface area contributed by atoms with Crippen molar-refractivity contribution in [3.63, 3.8) is 0 Å². The Bertz CT molecular complexity index is 1300. The van der Waals surface area contributed by atoms with Crippen LogP contribution < -0.4 is 9.47 Å². The Morgan fingerprint density at radius 1 is 1.00 bits per heavy atom. The number of rotatable bonds is 8. The molecular formula is C27H30N4O3. The predicted octanol–water partition coefficient (Wildman–Crippen LogP) is 4.52. The van der Waals surface area contributed by atoms with E-state index in [1.807, 2.05) is 92.4 Å². The van der Waals surface area contributed by atoms with Gasteiger partial charge in [0.05, 0.1) is 25.6 Å². The van der Waals surface area contributed by atoms with E-state index in [2.05, 4.69) is 0 Å². The van der Waals surface area contributed by atoms with E-state index in [0.29, 0.717) is 30.2 Å². The highest BCUT2D eigenvalue weighted by atomic mass is 16.5. The van der Waals surface area contributed by atoms with Gasteiger partial charge in [0.15, 0.2) is 11.5 Å². The van der Waals surface area contributed by atoms with Gasteiger partial charge in [0, 0.05) is 26.8 Å². The number of methoxy groups -OCH3 is 2. The quantitative estimate of drug-likeness (QED) is 0.390. The first-order valence-corrected chi connectivity index (χ1v) is 11.2. The van der Waals surface area contributed by atoms with Gasteiger partial charge in [0.1, 0.15) is 11.4 Å². The fourth-order valence-electron chi connectivity index (χ4n) is 3.97. The molecule has 0 aliphatic heterocycles. The van der Waals surface area contributed by atoms with Gasteiger partial charge in [-0.3, -0.25) is 4.79 Å². The number of hydrogen-bond donors (Lipinski definition) is 0. The van der Waals surface area contributed by atoms with Crippen molar-refractivity contribution in [2.24, 2.45) is 7.05 Å². The molecule has 7 nitrogen and oxygen atoms in total. The van der Waals surface area contributed by atoms with Crippen LogP contribution in [0.2, 0.25) is 0 Å². The number of benzene rings is 2. The van der Waals surface area contributed by atoms with E-state index in [0.717, 1.165) is 28.2 Å². The standard InChI is InChI=1S/C27H30N4O3/c1-19-8-6-9-21(16-19)31-24(18-22(28-31)23-10-7-14-29(23)2)27(32)30(3)15-13-20-11-12-25(33-4)26(17-20)34-5/h6-12,14,16-18H,13,15H2,1-5H3. The minimum absolute atomic E-state index is 0.0880. The number of amides is 1. The van der Waals surface area contributed by atoms with Crippen LogP contribution in [0.15, 0.2) is 66.9 Å². The Labute approximate surface area is 200 Å². The zero-order valence-electron chi connectivity index (χ0n) is 20.3. The van der Waals surface area contributed by atoms with Gasteiger partial charge in [-0.15, -0.1) is 0 Å². The zero-order chi connectivity index (χ0) is 24.2. The minimum Gasteiger partial charge on any atom is -0.493 e. The second-order valence-corrected chi connectivity index (χ2v) is 8.34. The molecule has 0 N–H and O–H groups in total. The van der Waals surface area contributed by atoms with Gasteiger partial charge in [-0.1, -0.05) is 18.2 Å². The normalized spacial score (nSPS) is 10.9. The smallest absolute Gasteiger partial charge is 0.272 e. The van der Waals surface area contributed by atoms with Crippen LogP contribution in [0.4, 0.5) is 0 Å². The van der Waals surface area contributed by atoms with E-state index in [1.54, 1.807) is 23.8 Å². The van der Waals surface area contributed by atoms with Crippen molar-refractivity contribution < 1.29 is 14.3 Å². The number of carbonyl (C=O) groups is 1. The molecule has 1 amide bonds. The maximum atomic E-state index is 13.5. The molecule has 0 radical (unpaired) electrons. The predicted molar refractivity (Wildman–Crippen MR) is 133 cm³/mol. The lowest BCUT2D eigenvalue weighted by Gasteiger charge is -2.18. The summed E-state index contributed by atoms with van der Waals surface area (Å²) in [5.41, 5.74) is 5.26. The Kier molecular flexibility index (Phi) is 6.72. The summed E-state index contributed by atoms with van der Waals surface area (Å²) in [5.74, 6) is 1.28. The summed E-state index contributed by atoms with van der Waals surface area (Å²) >= 11 is 0. The van der Waals surface area contributed by atoms with Gasteiger partial charge in [0.25, 0.3) is 5.91 Å². The molecule has 2 aromatic carbocycles. The average Bonchev–Trinajstić information content (AvgIpc) is 3.48. The van der Waals surface area contributed by atoms with Crippen LogP contribution in [0.1, 0.15) is 21.6 Å². The summed E-state index contributed by atoms with van der Waals surface area (Å²) in [6.45, 7) is 2.58.